The highest BCUT2D eigenvalue weighted by molar-refractivity contribution is 6.07. The van der Waals surface area contributed by atoms with Gasteiger partial charge in [-0.15, -0.1) is 0 Å². The van der Waals surface area contributed by atoms with Crippen molar-refractivity contribution >= 4 is 28.4 Å². The third-order valence-electron chi connectivity index (χ3n) is 4.98. The van der Waals surface area contributed by atoms with Crippen LogP contribution in [0.5, 0.6) is 0 Å². The molecule has 0 aliphatic carbocycles. The first-order valence-electron chi connectivity index (χ1n) is 9.78. The molecule has 2 N–H and O–H groups in total. The van der Waals surface area contributed by atoms with E-state index in [1.807, 2.05) is 54.6 Å². The molecule has 0 radical (unpaired) electrons. The standard InChI is InChI=1S/C23H23N3O3/c1-15(27)25-17-10-8-16(9-11-17)22-13-20(19-6-2-3-7-21(19)26-22)23(28)24-14-18-5-4-12-29-18/h2-3,6-11,13,18H,4-5,12,14H2,1H3,(H,24,28)(H,25,27). The van der Waals surface area contributed by atoms with E-state index in [1.54, 1.807) is 0 Å². The summed E-state index contributed by atoms with van der Waals surface area (Å²) in [5.74, 6) is -0.248. The number of amides is 2. The highest BCUT2D eigenvalue weighted by Gasteiger charge is 2.18. The van der Waals surface area contributed by atoms with E-state index in [1.165, 1.54) is 6.92 Å². The summed E-state index contributed by atoms with van der Waals surface area (Å²) >= 11 is 0. The van der Waals surface area contributed by atoms with Crippen LogP contribution in [0, 0.1) is 0 Å². The van der Waals surface area contributed by atoms with Gasteiger partial charge in [0.25, 0.3) is 5.91 Å². The van der Waals surface area contributed by atoms with Gasteiger partial charge >= 0.3 is 0 Å². The third-order valence-corrected chi connectivity index (χ3v) is 4.98. The molecule has 0 bridgehead atoms. The number of hydrogen-bond acceptors (Lipinski definition) is 4. The summed E-state index contributed by atoms with van der Waals surface area (Å²) < 4.78 is 5.60. The molecular weight excluding hydrogens is 366 g/mol. The van der Waals surface area contributed by atoms with Gasteiger partial charge in [0.05, 0.1) is 22.9 Å². The molecule has 6 nitrogen and oxygen atoms in total. The van der Waals surface area contributed by atoms with E-state index in [9.17, 15) is 9.59 Å². The van der Waals surface area contributed by atoms with Crippen molar-refractivity contribution in [3.63, 3.8) is 0 Å². The Labute approximate surface area is 169 Å². The van der Waals surface area contributed by atoms with Gasteiger partial charge < -0.3 is 15.4 Å². The fourth-order valence-corrected chi connectivity index (χ4v) is 3.55. The van der Waals surface area contributed by atoms with Gasteiger partial charge in [-0.1, -0.05) is 30.3 Å². The van der Waals surface area contributed by atoms with Crippen LogP contribution in [0.2, 0.25) is 0 Å². The summed E-state index contributed by atoms with van der Waals surface area (Å²) in [6.07, 6.45) is 2.11. The molecule has 3 aromatic rings. The number of pyridine rings is 1. The zero-order valence-electron chi connectivity index (χ0n) is 16.3. The average molecular weight is 389 g/mol. The van der Waals surface area contributed by atoms with E-state index >= 15 is 0 Å². The second-order valence-electron chi connectivity index (χ2n) is 7.18. The van der Waals surface area contributed by atoms with Crippen molar-refractivity contribution < 1.29 is 14.3 Å². The number of ether oxygens (including phenoxy) is 1. The first-order chi connectivity index (χ1) is 14.1. The lowest BCUT2D eigenvalue weighted by Gasteiger charge is -2.13. The molecule has 1 fully saturated rings. The van der Waals surface area contributed by atoms with Crippen LogP contribution in [0.15, 0.2) is 54.6 Å². The summed E-state index contributed by atoms with van der Waals surface area (Å²) in [6, 6.07) is 16.9. The lowest BCUT2D eigenvalue weighted by atomic mass is 10.0. The smallest absolute Gasteiger partial charge is 0.252 e. The first-order valence-corrected chi connectivity index (χ1v) is 9.78. The average Bonchev–Trinajstić information content (AvgIpc) is 3.25. The number of nitrogens with zero attached hydrogens (tertiary/aromatic N) is 1. The number of carbonyl (C=O) groups is 2. The van der Waals surface area contributed by atoms with Crippen molar-refractivity contribution in [1.82, 2.24) is 10.3 Å². The number of hydrogen-bond donors (Lipinski definition) is 2. The molecule has 2 aromatic carbocycles. The van der Waals surface area contributed by atoms with Crippen LogP contribution in [0.3, 0.4) is 0 Å². The third kappa shape index (κ3) is 4.43. The second kappa shape index (κ2) is 8.41. The van der Waals surface area contributed by atoms with Gasteiger partial charge in [-0.05, 0) is 37.1 Å². The Hall–Kier alpha value is -3.25. The molecule has 1 aromatic heterocycles. The highest BCUT2D eigenvalue weighted by Crippen LogP contribution is 2.26. The van der Waals surface area contributed by atoms with E-state index in [0.717, 1.165) is 41.6 Å². The molecule has 4 rings (SSSR count). The Morgan fingerprint density at radius 3 is 2.66 bits per heavy atom. The van der Waals surface area contributed by atoms with Crippen molar-refractivity contribution in [2.24, 2.45) is 0 Å². The van der Waals surface area contributed by atoms with Gasteiger partial charge in [-0.25, -0.2) is 4.98 Å². The lowest BCUT2D eigenvalue weighted by molar-refractivity contribution is -0.114. The van der Waals surface area contributed by atoms with Gasteiger partial charge in [0.1, 0.15) is 0 Å². The van der Waals surface area contributed by atoms with Gasteiger partial charge in [0.2, 0.25) is 5.91 Å². The number of nitrogens with one attached hydrogen (secondary N) is 2. The molecule has 1 saturated heterocycles. The minimum Gasteiger partial charge on any atom is -0.376 e. The van der Waals surface area contributed by atoms with Crippen molar-refractivity contribution in [2.75, 3.05) is 18.5 Å². The predicted molar refractivity (Wildman–Crippen MR) is 113 cm³/mol. The number of aromatic nitrogens is 1. The SMILES string of the molecule is CC(=O)Nc1ccc(-c2cc(C(=O)NCC3CCCO3)c3ccccc3n2)cc1. The Bertz CT molecular complexity index is 1040. The van der Waals surface area contributed by atoms with Crippen LogP contribution in [0.4, 0.5) is 5.69 Å². The van der Waals surface area contributed by atoms with Gasteiger partial charge in [0, 0.05) is 36.7 Å². The van der Waals surface area contributed by atoms with Crippen LogP contribution in [0.25, 0.3) is 22.2 Å². The summed E-state index contributed by atoms with van der Waals surface area (Å²) in [7, 11) is 0. The zero-order chi connectivity index (χ0) is 20.2. The topological polar surface area (TPSA) is 80.3 Å². The Balaban J connectivity index is 1.64. The van der Waals surface area contributed by atoms with Crippen LogP contribution in [0.1, 0.15) is 30.1 Å². The molecule has 6 heteroatoms. The number of rotatable bonds is 5. The van der Waals surface area contributed by atoms with Crippen LogP contribution < -0.4 is 10.6 Å². The molecule has 1 atom stereocenters. The predicted octanol–water partition coefficient (Wildman–Crippen LogP) is 3.77. The molecule has 1 aliphatic heterocycles. The molecule has 29 heavy (non-hydrogen) atoms. The quantitative estimate of drug-likeness (QED) is 0.696. The zero-order valence-corrected chi connectivity index (χ0v) is 16.3. The minimum absolute atomic E-state index is 0.0906. The van der Waals surface area contributed by atoms with E-state index in [2.05, 4.69) is 10.6 Å². The van der Waals surface area contributed by atoms with Crippen molar-refractivity contribution in [3.05, 3.63) is 60.2 Å². The Morgan fingerprint density at radius 2 is 1.93 bits per heavy atom. The number of benzene rings is 2. The molecule has 0 spiro atoms. The number of carbonyl (C=O) groups excluding carboxylic acids is 2. The largest absolute Gasteiger partial charge is 0.376 e. The molecule has 148 valence electrons. The molecule has 2 heterocycles. The number of para-hydroxylation sites is 1. The minimum atomic E-state index is -0.129. The maximum Gasteiger partial charge on any atom is 0.252 e. The van der Waals surface area contributed by atoms with Crippen molar-refractivity contribution in [3.8, 4) is 11.3 Å². The van der Waals surface area contributed by atoms with Crippen LogP contribution >= 0.6 is 0 Å². The molecule has 2 amide bonds. The lowest BCUT2D eigenvalue weighted by Crippen LogP contribution is -2.31. The maximum absolute atomic E-state index is 12.9. The van der Waals surface area contributed by atoms with E-state index < -0.39 is 0 Å². The summed E-state index contributed by atoms with van der Waals surface area (Å²) in [6.45, 7) is 2.74. The van der Waals surface area contributed by atoms with Gasteiger partial charge in [-0.2, -0.15) is 0 Å². The van der Waals surface area contributed by atoms with Crippen LogP contribution in [-0.2, 0) is 9.53 Å². The van der Waals surface area contributed by atoms with Crippen molar-refractivity contribution in [2.45, 2.75) is 25.9 Å². The Kier molecular flexibility index (Phi) is 5.53. The normalized spacial score (nSPS) is 16.0. The summed E-state index contributed by atoms with van der Waals surface area (Å²) in [4.78, 5) is 28.9. The summed E-state index contributed by atoms with van der Waals surface area (Å²) in [5, 5.41) is 6.57. The highest BCUT2D eigenvalue weighted by atomic mass is 16.5. The fraction of sp³-hybridized carbons (Fsp3) is 0.261. The monoisotopic (exact) mass is 389 g/mol. The van der Waals surface area contributed by atoms with Gasteiger partial charge in [0.15, 0.2) is 0 Å². The molecule has 0 saturated carbocycles. The maximum atomic E-state index is 12.9. The van der Waals surface area contributed by atoms with Crippen LogP contribution in [-0.4, -0.2) is 36.1 Å². The Morgan fingerprint density at radius 1 is 1.14 bits per heavy atom. The van der Waals surface area contributed by atoms with E-state index in [0.29, 0.717) is 17.8 Å². The number of anilines is 1. The fourth-order valence-electron chi connectivity index (χ4n) is 3.55. The molecule has 1 aliphatic rings. The van der Waals surface area contributed by atoms with E-state index in [-0.39, 0.29) is 17.9 Å². The molecule has 1 unspecified atom stereocenters. The molecular formula is C23H23N3O3. The summed E-state index contributed by atoms with van der Waals surface area (Å²) in [5.41, 5.74) is 3.66. The first kappa shape index (κ1) is 19.1. The van der Waals surface area contributed by atoms with Crippen molar-refractivity contribution in [1.29, 1.82) is 0 Å². The van der Waals surface area contributed by atoms with E-state index in [4.69, 9.17) is 9.72 Å². The van der Waals surface area contributed by atoms with Gasteiger partial charge in [-0.3, -0.25) is 9.59 Å². The number of fused-ring (bicyclic) bond motifs is 1. The second-order valence-corrected chi connectivity index (χ2v) is 7.18.